The molecule has 1 aliphatic heterocycles. The summed E-state index contributed by atoms with van der Waals surface area (Å²) in [5.74, 6) is -2.15. The molecule has 2 aliphatic rings. The molecule has 1 N–H and O–H groups in total. The Bertz CT molecular complexity index is 1770. The van der Waals surface area contributed by atoms with Crippen LogP contribution in [0.4, 0.5) is 13.2 Å². The zero-order valence-electron chi connectivity index (χ0n) is 20.9. The summed E-state index contributed by atoms with van der Waals surface area (Å²) in [6, 6.07) is 6.82. The highest BCUT2D eigenvalue weighted by atomic mass is 19.3. The fourth-order valence-electron chi connectivity index (χ4n) is 5.27. The lowest BCUT2D eigenvalue weighted by atomic mass is 9.81. The van der Waals surface area contributed by atoms with Gasteiger partial charge in [0, 0.05) is 31.1 Å². The topological polar surface area (TPSA) is 90.7 Å². The van der Waals surface area contributed by atoms with Gasteiger partial charge in [0.25, 0.3) is 0 Å². The number of aromatic nitrogens is 6. The Balaban J connectivity index is 1.27. The second-order valence-electron chi connectivity index (χ2n) is 10.1. The van der Waals surface area contributed by atoms with Crippen LogP contribution in [0.3, 0.4) is 0 Å². The highest BCUT2D eigenvalue weighted by Gasteiger charge is 2.45. The number of halogens is 3. The zero-order valence-corrected chi connectivity index (χ0v) is 20.9. The van der Waals surface area contributed by atoms with E-state index < -0.39 is 11.7 Å². The first-order valence-electron chi connectivity index (χ1n) is 12.6. The molecule has 0 spiro atoms. The summed E-state index contributed by atoms with van der Waals surface area (Å²) >= 11 is 0. The molecule has 1 fully saturated rings. The minimum absolute atomic E-state index is 0.0427. The summed E-state index contributed by atoms with van der Waals surface area (Å²) in [6.45, 7) is 2.98. The van der Waals surface area contributed by atoms with Gasteiger partial charge in [-0.1, -0.05) is 6.08 Å². The van der Waals surface area contributed by atoms with Crippen molar-refractivity contribution in [2.45, 2.75) is 32.2 Å². The number of aromatic amines is 1. The van der Waals surface area contributed by atoms with Gasteiger partial charge in [0.1, 0.15) is 22.6 Å². The van der Waals surface area contributed by atoms with E-state index in [9.17, 15) is 8.78 Å². The van der Waals surface area contributed by atoms with Gasteiger partial charge in [-0.2, -0.15) is 5.10 Å². The third kappa shape index (κ3) is 4.32. The van der Waals surface area contributed by atoms with E-state index in [1.165, 1.54) is 0 Å². The van der Waals surface area contributed by atoms with Gasteiger partial charge in [0.2, 0.25) is 5.92 Å². The van der Waals surface area contributed by atoms with E-state index in [-0.39, 0.29) is 30.0 Å². The Hall–Kier alpha value is -4.25. The number of nitrogens with zero attached hydrogens (tertiary/aromatic N) is 5. The Morgan fingerprint density at radius 2 is 1.95 bits per heavy atom. The number of aryl methyl sites for hydroxylation is 1. The minimum atomic E-state index is -2.56. The predicted octanol–water partition coefficient (Wildman–Crippen LogP) is 6.07. The number of hydrogen-bond donors (Lipinski definition) is 1. The monoisotopic (exact) mass is 532 g/mol. The molecule has 0 radical (unpaired) electrons. The van der Waals surface area contributed by atoms with Gasteiger partial charge in [0.15, 0.2) is 11.6 Å². The van der Waals surface area contributed by atoms with Crippen molar-refractivity contribution in [3.8, 4) is 22.8 Å². The number of alkyl halides is 2. The molecule has 1 aliphatic carbocycles. The Labute approximate surface area is 220 Å². The predicted molar refractivity (Wildman–Crippen MR) is 138 cm³/mol. The summed E-state index contributed by atoms with van der Waals surface area (Å²) < 4.78 is 55.2. The number of imidazole rings is 1. The summed E-state index contributed by atoms with van der Waals surface area (Å²) in [6.07, 6.45) is 6.81. The molecule has 4 heterocycles. The van der Waals surface area contributed by atoms with Crippen molar-refractivity contribution in [3.63, 3.8) is 0 Å². The average molecular weight is 533 g/mol. The molecular weight excluding hydrogens is 509 g/mol. The summed E-state index contributed by atoms with van der Waals surface area (Å²) in [5.41, 5.74) is 4.83. The fourth-order valence-corrected chi connectivity index (χ4v) is 5.27. The molecule has 0 saturated heterocycles. The van der Waals surface area contributed by atoms with Crippen molar-refractivity contribution in [2.24, 2.45) is 5.92 Å². The second kappa shape index (κ2) is 8.91. The molecule has 0 bridgehead atoms. The average Bonchev–Trinajstić information content (AvgIpc) is 3.65. The normalized spacial score (nSPS) is 17.1. The molecule has 5 aromatic rings. The van der Waals surface area contributed by atoms with E-state index in [1.807, 2.05) is 6.08 Å². The third-order valence-electron chi connectivity index (χ3n) is 7.15. The molecule has 1 saturated carbocycles. The number of hydrogen-bond acceptors (Lipinski definition) is 6. The van der Waals surface area contributed by atoms with E-state index >= 15 is 4.39 Å². The molecule has 0 unspecified atom stereocenters. The number of benzene rings is 2. The van der Waals surface area contributed by atoms with E-state index in [0.29, 0.717) is 59.1 Å². The van der Waals surface area contributed by atoms with Crippen molar-refractivity contribution in [1.82, 2.24) is 29.7 Å². The van der Waals surface area contributed by atoms with Crippen molar-refractivity contribution in [1.29, 1.82) is 0 Å². The van der Waals surface area contributed by atoms with Crippen LogP contribution in [0.5, 0.6) is 11.5 Å². The SMILES string of the molecule is Cc1nc2c(F)c(Oc3ccc4ncc(-c5cnn(CC6CC(F)(F)C6)c5)nc4c3C3=CCOC3)ccc2[nH]1. The van der Waals surface area contributed by atoms with Gasteiger partial charge < -0.3 is 14.5 Å². The first kappa shape index (κ1) is 23.8. The molecule has 8 nitrogen and oxygen atoms in total. The molecule has 39 heavy (non-hydrogen) atoms. The number of fused-ring (bicyclic) bond motifs is 2. The first-order valence-corrected chi connectivity index (χ1v) is 12.6. The second-order valence-corrected chi connectivity index (χ2v) is 10.1. The van der Waals surface area contributed by atoms with Crippen molar-refractivity contribution < 1.29 is 22.6 Å². The van der Waals surface area contributed by atoms with Crippen LogP contribution in [0.25, 0.3) is 38.9 Å². The van der Waals surface area contributed by atoms with E-state index in [0.717, 1.165) is 11.1 Å². The van der Waals surface area contributed by atoms with E-state index in [1.54, 1.807) is 54.5 Å². The van der Waals surface area contributed by atoms with Crippen molar-refractivity contribution in [2.75, 3.05) is 13.2 Å². The number of ether oxygens (including phenoxy) is 2. The Morgan fingerprint density at radius 1 is 1.10 bits per heavy atom. The summed E-state index contributed by atoms with van der Waals surface area (Å²) in [4.78, 5) is 16.8. The molecule has 0 atom stereocenters. The van der Waals surface area contributed by atoms with E-state index in [4.69, 9.17) is 14.5 Å². The quantitative estimate of drug-likeness (QED) is 0.286. The van der Waals surface area contributed by atoms with Crippen LogP contribution in [0.15, 0.2) is 48.9 Å². The van der Waals surface area contributed by atoms with Crippen LogP contribution in [0.2, 0.25) is 0 Å². The van der Waals surface area contributed by atoms with Crippen LogP contribution >= 0.6 is 0 Å². The highest BCUT2D eigenvalue weighted by Crippen LogP contribution is 2.43. The summed E-state index contributed by atoms with van der Waals surface area (Å²) in [7, 11) is 0. The van der Waals surface area contributed by atoms with Crippen LogP contribution in [0.1, 0.15) is 24.2 Å². The third-order valence-corrected chi connectivity index (χ3v) is 7.15. The Morgan fingerprint density at radius 3 is 2.74 bits per heavy atom. The van der Waals surface area contributed by atoms with Crippen molar-refractivity contribution in [3.05, 3.63) is 66.1 Å². The standard InChI is InChI=1S/C28H23F3N6O2/c1-15-34-20-3-5-23(25(29)27(20)35-15)39-22-4-2-19-26(24(22)17-6-7-38-14-17)36-21(11-32-19)18-10-33-37(13-18)12-16-8-28(30,31)9-16/h2-6,10-11,13,16H,7-9,12,14H2,1H3,(H,34,35). The number of nitrogens with one attached hydrogen (secondary N) is 1. The maximum atomic E-state index is 15.3. The smallest absolute Gasteiger partial charge is 0.248 e. The van der Waals surface area contributed by atoms with Gasteiger partial charge in [0.05, 0.1) is 47.9 Å². The van der Waals surface area contributed by atoms with Crippen molar-refractivity contribution >= 4 is 27.6 Å². The molecule has 0 amide bonds. The lowest BCUT2D eigenvalue weighted by Crippen LogP contribution is -2.37. The number of H-pyrrole nitrogens is 1. The molecular formula is C28H23F3N6O2. The first-order chi connectivity index (χ1) is 18.8. The number of rotatable bonds is 6. The largest absolute Gasteiger partial charge is 0.453 e. The van der Waals surface area contributed by atoms with Crippen LogP contribution in [0, 0.1) is 18.7 Å². The minimum Gasteiger partial charge on any atom is -0.453 e. The van der Waals surface area contributed by atoms with Gasteiger partial charge in [-0.25, -0.2) is 23.1 Å². The lowest BCUT2D eigenvalue weighted by molar-refractivity contribution is -0.114. The molecule has 11 heteroatoms. The van der Waals surface area contributed by atoms with Gasteiger partial charge >= 0.3 is 0 Å². The Kier molecular flexibility index (Phi) is 5.44. The van der Waals surface area contributed by atoms with Crippen LogP contribution in [-0.4, -0.2) is 48.9 Å². The maximum absolute atomic E-state index is 15.3. The zero-order chi connectivity index (χ0) is 26.7. The maximum Gasteiger partial charge on any atom is 0.248 e. The van der Waals surface area contributed by atoms with Crippen LogP contribution in [-0.2, 0) is 11.3 Å². The lowest BCUT2D eigenvalue weighted by Gasteiger charge is -2.34. The summed E-state index contributed by atoms with van der Waals surface area (Å²) in [5, 5.41) is 4.35. The molecule has 2 aromatic carbocycles. The van der Waals surface area contributed by atoms with Crippen LogP contribution < -0.4 is 4.74 Å². The van der Waals surface area contributed by atoms with E-state index in [2.05, 4.69) is 20.1 Å². The van der Waals surface area contributed by atoms with Gasteiger partial charge in [-0.3, -0.25) is 9.67 Å². The fraction of sp³-hybridized carbons (Fsp3) is 0.286. The van der Waals surface area contributed by atoms with Gasteiger partial charge in [-0.15, -0.1) is 0 Å². The van der Waals surface area contributed by atoms with Gasteiger partial charge in [-0.05, 0) is 42.7 Å². The highest BCUT2D eigenvalue weighted by molar-refractivity contribution is 5.93. The molecule has 7 rings (SSSR count). The molecule has 198 valence electrons. The molecule has 3 aromatic heterocycles.